The SMILES string of the molecule is COc1c(C)cc2c(c1O)[C@@H]1[C@@H]3SC[C@H](N)C(=O)OC[C@@H](c4c5c(c(C)c(OC(C)=O)c43)OCO5)N1[C@@](C)(CN(C)C)C2. The molecule has 0 aromatic heterocycles. The molecule has 12 heteroatoms. The number of cyclic esters (lactones) is 1. The van der Waals surface area contributed by atoms with Crippen molar-refractivity contribution in [1.29, 1.82) is 0 Å². The number of hydrogen-bond acceptors (Lipinski definition) is 12. The molecule has 5 atom stereocenters. The summed E-state index contributed by atoms with van der Waals surface area (Å²) in [5.41, 5.74) is 10.6. The Balaban J connectivity index is 1.74. The summed E-state index contributed by atoms with van der Waals surface area (Å²) in [6.45, 7) is 8.02. The molecule has 232 valence electrons. The molecule has 43 heavy (non-hydrogen) atoms. The largest absolute Gasteiger partial charge is 0.504 e. The molecule has 0 saturated carbocycles. The van der Waals surface area contributed by atoms with E-state index in [-0.39, 0.29) is 24.9 Å². The number of carbonyl (C=O) groups is 2. The topological polar surface area (TPSA) is 133 Å². The molecule has 4 heterocycles. The zero-order chi connectivity index (χ0) is 31.0. The van der Waals surface area contributed by atoms with Crippen molar-refractivity contribution in [2.45, 2.75) is 63.0 Å². The number of hydrogen-bond donors (Lipinski definition) is 2. The first-order valence-electron chi connectivity index (χ1n) is 14.4. The third-order valence-electron chi connectivity index (χ3n) is 8.92. The van der Waals surface area contributed by atoms with E-state index in [9.17, 15) is 14.7 Å². The number of ether oxygens (including phenoxy) is 5. The minimum atomic E-state index is -0.856. The standard InChI is InChI=1S/C31H39N3O8S/c1-14-8-17-9-31(4,12-33(5)6)34-19-10-39-30(37)18(32)11-43-29(23(34)20(17)24(36)25(14)38-7)22-21(19)28-27(40-13-41-28)15(2)26(22)42-16(3)35/h8,18-19,23,29,36H,9-13,32H2,1-7H3/t18-,19-,23+,29+,31+/m0/s1. The molecule has 0 amide bonds. The third kappa shape index (κ3) is 4.61. The molecular formula is C31H39N3O8S. The highest BCUT2D eigenvalue weighted by atomic mass is 32.2. The molecule has 3 N–H and O–H groups in total. The zero-order valence-electron chi connectivity index (χ0n) is 25.6. The van der Waals surface area contributed by atoms with Crippen LogP contribution in [0.1, 0.15) is 64.6 Å². The van der Waals surface area contributed by atoms with Gasteiger partial charge in [-0.3, -0.25) is 14.5 Å². The lowest BCUT2D eigenvalue weighted by Crippen LogP contribution is -2.62. The number of carbonyl (C=O) groups excluding carboxylic acids is 2. The number of aromatic hydroxyl groups is 1. The van der Waals surface area contributed by atoms with E-state index in [2.05, 4.69) is 22.8 Å². The number of methoxy groups -OCH3 is 1. The van der Waals surface area contributed by atoms with Crippen LogP contribution in [-0.2, 0) is 20.7 Å². The molecule has 0 radical (unpaired) electrons. The van der Waals surface area contributed by atoms with Crippen molar-refractivity contribution in [3.05, 3.63) is 39.4 Å². The summed E-state index contributed by atoms with van der Waals surface area (Å²) in [5.74, 6) is 1.25. The second-order valence-electron chi connectivity index (χ2n) is 12.4. The van der Waals surface area contributed by atoms with E-state index in [0.717, 1.165) is 27.8 Å². The monoisotopic (exact) mass is 613 g/mol. The van der Waals surface area contributed by atoms with Gasteiger partial charge in [0.1, 0.15) is 18.4 Å². The van der Waals surface area contributed by atoms with E-state index >= 15 is 0 Å². The third-order valence-corrected chi connectivity index (χ3v) is 10.3. The molecule has 2 bridgehead atoms. The van der Waals surface area contributed by atoms with Crippen molar-refractivity contribution in [3.63, 3.8) is 0 Å². The second-order valence-corrected chi connectivity index (χ2v) is 13.5. The minimum Gasteiger partial charge on any atom is -0.504 e. The molecule has 2 aromatic rings. The lowest BCUT2D eigenvalue weighted by molar-refractivity contribution is -0.149. The van der Waals surface area contributed by atoms with E-state index < -0.39 is 40.9 Å². The van der Waals surface area contributed by atoms with E-state index in [1.54, 1.807) is 7.11 Å². The molecule has 4 aliphatic rings. The lowest BCUT2D eigenvalue weighted by Gasteiger charge is -2.59. The van der Waals surface area contributed by atoms with Gasteiger partial charge in [-0.05, 0) is 52.4 Å². The summed E-state index contributed by atoms with van der Waals surface area (Å²) >= 11 is 1.48. The van der Waals surface area contributed by atoms with Gasteiger partial charge in [-0.2, -0.15) is 0 Å². The number of aryl methyl sites for hydroxylation is 1. The van der Waals surface area contributed by atoms with Crippen LogP contribution in [-0.4, -0.2) is 85.3 Å². The molecule has 1 saturated heterocycles. The Morgan fingerprint density at radius 3 is 2.58 bits per heavy atom. The summed E-state index contributed by atoms with van der Waals surface area (Å²) in [6, 6.07) is 0.275. The molecule has 0 unspecified atom stereocenters. The van der Waals surface area contributed by atoms with Gasteiger partial charge in [-0.25, -0.2) is 0 Å². The quantitative estimate of drug-likeness (QED) is 0.387. The van der Waals surface area contributed by atoms with Gasteiger partial charge in [0.15, 0.2) is 23.0 Å². The maximum Gasteiger partial charge on any atom is 0.323 e. The molecule has 0 aliphatic carbocycles. The number of nitrogens with two attached hydrogens (primary N) is 1. The van der Waals surface area contributed by atoms with E-state index in [0.29, 0.717) is 41.5 Å². The number of thioether (sulfide) groups is 1. The summed E-state index contributed by atoms with van der Waals surface area (Å²) in [6.07, 6.45) is 0.619. The van der Waals surface area contributed by atoms with Gasteiger partial charge in [0.25, 0.3) is 0 Å². The number of rotatable bonds is 4. The summed E-state index contributed by atoms with van der Waals surface area (Å²) in [7, 11) is 5.62. The Morgan fingerprint density at radius 2 is 1.91 bits per heavy atom. The number of phenolic OH excluding ortho intramolecular Hbond substituents is 1. The van der Waals surface area contributed by atoms with Crippen LogP contribution in [0.5, 0.6) is 28.7 Å². The van der Waals surface area contributed by atoms with Gasteiger partial charge in [0, 0.05) is 47.0 Å². The number of nitrogens with zero attached hydrogens (tertiary/aromatic N) is 2. The van der Waals surface area contributed by atoms with Crippen molar-refractivity contribution in [2.75, 3.05) is 46.9 Å². The van der Waals surface area contributed by atoms with Gasteiger partial charge in [-0.15, -0.1) is 11.8 Å². The first-order chi connectivity index (χ1) is 20.4. The smallest absolute Gasteiger partial charge is 0.323 e. The molecule has 11 nitrogen and oxygen atoms in total. The number of phenols is 1. The minimum absolute atomic E-state index is 0.0137. The first-order valence-corrected chi connectivity index (χ1v) is 15.4. The predicted molar refractivity (Wildman–Crippen MR) is 160 cm³/mol. The maximum atomic E-state index is 13.0. The highest BCUT2D eigenvalue weighted by Gasteiger charge is 2.57. The van der Waals surface area contributed by atoms with E-state index in [1.807, 2.05) is 27.9 Å². The number of likely N-dealkylation sites (N-methyl/N-ethyl adjacent to an activating group) is 1. The van der Waals surface area contributed by atoms with Crippen molar-refractivity contribution >= 4 is 23.7 Å². The highest BCUT2D eigenvalue weighted by Crippen LogP contribution is 2.66. The van der Waals surface area contributed by atoms with Crippen LogP contribution >= 0.6 is 11.8 Å². The number of esters is 2. The highest BCUT2D eigenvalue weighted by molar-refractivity contribution is 7.99. The fourth-order valence-electron chi connectivity index (χ4n) is 7.64. The Hall–Kier alpha value is -3.19. The lowest BCUT2D eigenvalue weighted by atomic mass is 9.71. The Labute approximate surface area is 255 Å². The summed E-state index contributed by atoms with van der Waals surface area (Å²) in [5, 5.41) is 11.5. The molecule has 0 spiro atoms. The maximum absolute atomic E-state index is 13.0. The van der Waals surface area contributed by atoms with Crippen LogP contribution in [0.25, 0.3) is 0 Å². The van der Waals surface area contributed by atoms with Crippen molar-refractivity contribution in [2.24, 2.45) is 5.73 Å². The first kappa shape index (κ1) is 29.9. The molecule has 4 aliphatic heterocycles. The van der Waals surface area contributed by atoms with Crippen molar-refractivity contribution in [1.82, 2.24) is 9.80 Å². The van der Waals surface area contributed by atoms with Gasteiger partial charge < -0.3 is 39.4 Å². The summed E-state index contributed by atoms with van der Waals surface area (Å²) < 4.78 is 29.7. The normalized spacial score (nSPS) is 27.7. The van der Waals surface area contributed by atoms with Crippen LogP contribution in [0.4, 0.5) is 0 Å². The Bertz CT molecular complexity index is 1510. The number of benzene rings is 2. The molecule has 6 rings (SSSR count). The van der Waals surface area contributed by atoms with Gasteiger partial charge in [0.2, 0.25) is 6.79 Å². The fourth-order valence-corrected chi connectivity index (χ4v) is 9.04. The average molecular weight is 614 g/mol. The average Bonchev–Trinajstić information content (AvgIpc) is 3.41. The van der Waals surface area contributed by atoms with Gasteiger partial charge >= 0.3 is 11.9 Å². The second kappa shape index (κ2) is 10.8. The zero-order valence-corrected chi connectivity index (χ0v) is 26.4. The Kier molecular flexibility index (Phi) is 7.47. The van der Waals surface area contributed by atoms with Crippen LogP contribution < -0.4 is 24.7 Å². The number of fused-ring (bicyclic) bond motifs is 6. The van der Waals surface area contributed by atoms with Gasteiger partial charge in [-0.1, -0.05) is 6.07 Å². The molecule has 1 fully saturated rings. The van der Waals surface area contributed by atoms with Crippen LogP contribution in [0.15, 0.2) is 6.07 Å². The fraction of sp³-hybridized carbons (Fsp3) is 0.548. The molecular weight excluding hydrogens is 574 g/mol. The van der Waals surface area contributed by atoms with Crippen molar-refractivity contribution in [3.8, 4) is 28.7 Å². The predicted octanol–water partition coefficient (Wildman–Crippen LogP) is 3.30. The van der Waals surface area contributed by atoms with Crippen LogP contribution in [0, 0.1) is 13.8 Å². The van der Waals surface area contributed by atoms with E-state index in [4.69, 9.17) is 29.4 Å². The Morgan fingerprint density at radius 1 is 1.19 bits per heavy atom. The van der Waals surface area contributed by atoms with Crippen molar-refractivity contribution < 1.29 is 38.4 Å². The van der Waals surface area contributed by atoms with Crippen LogP contribution in [0.3, 0.4) is 0 Å². The van der Waals surface area contributed by atoms with Gasteiger partial charge in [0.05, 0.1) is 24.4 Å². The summed E-state index contributed by atoms with van der Waals surface area (Å²) in [4.78, 5) is 30.1. The molecule has 2 aromatic carbocycles. The van der Waals surface area contributed by atoms with E-state index in [1.165, 1.54) is 18.7 Å². The van der Waals surface area contributed by atoms with Crippen LogP contribution in [0.2, 0.25) is 0 Å².